The summed E-state index contributed by atoms with van der Waals surface area (Å²) >= 11 is 0. The number of ether oxygens (including phenoxy) is 1. The van der Waals surface area contributed by atoms with E-state index < -0.39 is 0 Å². The van der Waals surface area contributed by atoms with Crippen molar-refractivity contribution in [3.63, 3.8) is 0 Å². The first kappa shape index (κ1) is 16.1. The normalized spacial score (nSPS) is 10.4. The maximum atomic E-state index is 11.9. The summed E-state index contributed by atoms with van der Waals surface area (Å²) < 4.78 is 7.19. The highest BCUT2D eigenvalue weighted by molar-refractivity contribution is 5.92. The third-order valence-electron chi connectivity index (χ3n) is 3.30. The molecule has 2 rings (SSSR count). The van der Waals surface area contributed by atoms with Gasteiger partial charge in [0.15, 0.2) is 6.73 Å². The second kappa shape index (κ2) is 8.87. The number of carbonyl (C=O) groups excluding carboxylic acids is 1. The van der Waals surface area contributed by atoms with Crippen LogP contribution in [0.4, 0.5) is 0 Å². The molecule has 0 fully saturated rings. The molecule has 5 heteroatoms. The van der Waals surface area contributed by atoms with Gasteiger partial charge in [-0.1, -0.05) is 44.4 Å². The van der Waals surface area contributed by atoms with Crippen LogP contribution in [0.3, 0.4) is 0 Å². The molecular formula is C17H23N3O2. The standard InChI is InChI=1S/C17H23N3O2/c1-2-3-4-8-12-18-17(21)16-11-13-20(19-16)14-22-15-9-6-5-7-10-15/h5-7,9-11,13H,2-4,8,12,14H2,1H3,(H,18,21). The Morgan fingerprint density at radius 1 is 1.18 bits per heavy atom. The fourth-order valence-electron chi connectivity index (χ4n) is 2.06. The van der Waals surface area contributed by atoms with E-state index in [0.717, 1.165) is 18.6 Å². The van der Waals surface area contributed by atoms with Crippen molar-refractivity contribution in [2.75, 3.05) is 6.54 Å². The van der Waals surface area contributed by atoms with Crippen LogP contribution in [0.2, 0.25) is 0 Å². The Kier molecular flexibility index (Phi) is 6.48. The molecule has 1 N–H and O–H groups in total. The molecule has 0 bridgehead atoms. The van der Waals surface area contributed by atoms with Crippen LogP contribution in [0.1, 0.15) is 43.1 Å². The van der Waals surface area contributed by atoms with Gasteiger partial charge in [0.2, 0.25) is 0 Å². The van der Waals surface area contributed by atoms with Gasteiger partial charge in [-0.15, -0.1) is 0 Å². The van der Waals surface area contributed by atoms with E-state index in [1.54, 1.807) is 16.9 Å². The number of benzene rings is 1. The molecule has 5 nitrogen and oxygen atoms in total. The minimum absolute atomic E-state index is 0.130. The van der Waals surface area contributed by atoms with Gasteiger partial charge in [-0.05, 0) is 24.6 Å². The number of unbranched alkanes of at least 4 members (excludes halogenated alkanes) is 3. The highest BCUT2D eigenvalue weighted by atomic mass is 16.5. The zero-order valence-corrected chi connectivity index (χ0v) is 13.0. The van der Waals surface area contributed by atoms with Crippen molar-refractivity contribution in [1.29, 1.82) is 0 Å². The molecule has 1 amide bonds. The van der Waals surface area contributed by atoms with Crippen molar-refractivity contribution >= 4 is 5.91 Å². The molecule has 2 aromatic rings. The SMILES string of the molecule is CCCCCCNC(=O)c1ccn(COc2ccccc2)n1. The summed E-state index contributed by atoms with van der Waals surface area (Å²) in [6.45, 7) is 3.16. The Labute approximate surface area is 131 Å². The summed E-state index contributed by atoms with van der Waals surface area (Å²) in [6.07, 6.45) is 6.31. The van der Waals surface area contributed by atoms with Crippen molar-refractivity contribution in [2.24, 2.45) is 0 Å². The Morgan fingerprint density at radius 2 is 2.00 bits per heavy atom. The molecule has 0 radical (unpaired) electrons. The molecule has 0 unspecified atom stereocenters. The van der Waals surface area contributed by atoms with Gasteiger partial charge in [0.1, 0.15) is 11.4 Å². The van der Waals surface area contributed by atoms with Crippen LogP contribution < -0.4 is 10.1 Å². The van der Waals surface area contributed by atoms with Crippen molar-refractivity contribution < 1.29 is 9.53 Å². The molecule has 0 aliphatic heterocycles. The van der Waals surface area contributed by atoms with Gasteiger partial charge < -0.3 is 10.1 Å². The fraction of sp³-hybridized carbons (Fsp3) is 0.412. The first-order chi connectivity index (χ1) is 10.8. The number of nitrogens with one attached hydrogen (secondary N) is 1. The Bertz CT molecular complexity index is 566. The van der Waals surface area contributed by atoms with Crippen LogP contribution in [-0.4, -0.2) is 22.2 Å². The number of rotatable bonds is 9. The summed E-state index contributed by atoms with van der Waals surface area (Å²) in [6, 6.07) is 11.2. The van der Waals surface area contributed by atoms with E-state index in [2.05, 4.69) is 17.3 Å². The Hall–Kier alpha value is -2.30. The Balaban J connectivity index is 1.74. The lowest BCUT2D eigenvalue weighted by Gasteiger charge is -2.05. The van der Waals surface area contributed by atoms with Crippen LogP contribution in [0.25, 0.3) is 0 Å². The largest absolute Gasteiger partial charge is 0.471 e. The lowest BCUT2D eigenvalue weighted by molar-refractivity contribution is 0.0946. The Morgan fingerprint density at radius 3 is 2.77 bits per heavy atom. The highest BCUT2D eigenvalue weighted by Crippen LogP contribution is 2.09. The molecular weight excluding hydrogens is 278 g/mol. The van der Waals surface area contributed by atoms with E-state index in [0.29, 0.717) is 12.2 Å². The van der Waals surface area contributed by atoms with Crippen LogP contribution in [0.5, 0.6) is 5.75 Å². The van der Waals surface area contributed by atoms with Gasteiger partial charge in [0, 0.05) is 12.7 Å². The van der Waals surface area contributed by atoms with E-state index in [-0.39, 0.29) is 12.6 Å². The summed E-state index contributed by atoms with van der Waals surface area (Å²) in [7, 11) is 0. The lowest BCUT2D eigenvalue weighted by Crippen LogP contribution is -2.25. The molecule has 22 heavy (non-hydrogen) atoms. The number of aromatic nitrogens is 2. The van der Waals surface area contributed by atoms with Crippen LogP contribution in [0.15, 0.2) is 42.6 Å². The van der Waals surface area contributed by atoms with E-state index in [9.17, 15) is 4.79 Å². The summed E-state index contributed by atoms with van der Waals surface area (Å²) in [5.41, 5.74) is 0.423. The topological polar surface area (TPSA) is 56.2 Å². The number of hydrogen-bond acceptors (Lipinski definition) is 3. The number of para-hydroxylation sites is 1. The minimum atomic E-state index is -0.130. The predicted octanol–water partition coefficient (Wildman–Crippen LogP) is 3.23. The third-order valence-corrected chi connectivity index (χ3v) is 3.30. The van der Waals surface area contributed by atoms with E-state index in [4.69, 9.17) is 4.74 Å². The molecule has 0 spiro atoms. The van der Waals surface area contributed by atoms with Gasteiger partial charge in [-0.3, -0.25) is 4.79 Å². The number of amides is 1. The first-order valence-corrected chi connectivity index (χ1v) is 7.79. The van der Waals surface area contributed by atoms with Gasteiger partial charge >= 0.3 is 0 Å². The summed E-state index contributed by atoms with van der Waals surface area (Å²) in [5, 5.41) is 7.11. The quantitative estimate of drug-likeness (QED) is 0.723. The second-order valence-electron chi connectivity index (χ2n) is 5.14. The summed E-state index contributed by atoms with van der Waals surface area (Å²) in [4.78, 5) is 11.9. The van der Waals surface area contributed by atoms with E-state index in [1.807, 2.05) is 30.3 Å². The van der Waals surface area contributed by atoms with Crippen LogP contribution in [-0.2, 0) is 6.73 Å². The first-order valence-electron chi connectivity index (χ1n) is 7.79. The zero-order valence-electron chi connectivity index (χ0n) is 13.0. The maximum absolute atomic E-state index is 11.9. The molecule has 0 aliphatic carbocycles. The minimum Gasteiger partial charge on any atom is -0.471 e. The zero-order chi connectivity index (χ0) is 15.6. The van der Waals surface area contributed by atoms with E-state index >= 15 is 0 Å². The molecule has 0 saturated heterocycles. The smallest absolute Gasteiger partial charge is 0.271 e. The second-order valence-corrected chi connectivity index (χ2v) is 5.14. The molecule has 118 valence electrons. The molecule has 1 aromatic carbocycles. The highest BCUT2D eigenvalue weighted by Gasteiger charge is 2.08. The van der Waals surface area contributed by atoms with Crippen LogP contribution >= 0.6 is 0 Å². The van der Waals surface area contributed by atoms with Crippen molar-refractivity contribution in [2.45, 2.75) is 39.3 Å². The fourth-order valence-corrected chi connectivity index (χ4v) is 2.06. The molecule has 0 saturated carbocycles. The number of hydrogen-bond donors (Lipinski definition) is 1. The average molecular weight is 301 g/mol. The van der Waals surface area contributed by atoms with Gasteiger partial charge in [0.25, 0.3) is 5.91 Å². The molecule has 1 aromatic heterocycles. The van der Waals surface area contributed by atoms with Crippen molar-refractivity contribution in [3.05, 3.63) is 48.3 Å². The van der Waals surface area contributed by atoms with Crippen LogP contribution in [0, 0.1) is 0 Å². The predicted molar refractivity (Wildman–Crippen MR) is 85.8 cm³/mol. The van der Waals surface area contributed by atoms with E-state index in [1.165, 1.54) is 12.8 Å². The molecule has 0 atom stereocenters. The monoisotopic (exact) mass is 301 g/mol. The van der Waals surface area contributed by atoms with Gasteiger partial charge in [0.05, 0.1) is 0 Å². The number of nitrogens with zero attached hydrogens (tertiary/aromatic N) is 2. The van der Waals surface area contributed by atoms with Gasteiger partial charge in [-0.25, -0.2) is 4.68 Å². The third kappa shape index (κ3) is 5.24. The van der Waals surface area contributed by atoms with Gasteiger partial charge in [-0.2, -0.15) is 5.10 Å². The molecule has 0 aliphatic rings. The van der Waals surface area contributed by atoms with Crippen molar-refractivity contribution in [3.8, 4) is 5.75 Å². The molecule has 1 heterocycles. The maximum Gasteiger partial charge on any atom is 0.271 e. The average Bonchev–Trinajstić information content (AvgIpc) is 3.03. The number of carbonyl (C=O) groups is 1. The van der Waals surface area contributed by atoms with Crippen molar-refractivity contribution in [1.82, 2.24) is 15.1 Å². The summed E-state index contributed by atoms with van der Waals surface area (Å²) in [5.74, 6) is 0.648. The lowest BCUT2D eigenvalue weighted by atomic mass is 10.2.